The quantitative estimate of drug-likeness (QED) is 0.555. The van der Waals surface area contributed by atoms with Gasteiger partial charge in [0.1, 0.15) is 5.58 Å². The predicted octanol–water partition coefficient (Wildman–Crippen LogP) is 3.55. The first-order chi connectivity index (χ1) is 9.40. The van der Waals surface area contributed by atoms with Crippen LogP contribution in [-0.4, -0.2) is 13.6 Å². The molecule has 3 rings (SSSR count). The minimum absolute atomic E-state index is 0.840. The molecule has 0 aliphatic rings. The van der Waals surface area contributed by atoms with Gasteiger partial charge >= 0.3 is 0 Å². The zero-order valence-electron chi connectivity index (χ0n) is 10.9. The van der Waals surface area contributed by atoms with Crippen LogP contribution in [0.25, 0.3) is 21.9 Å². The highest BCUT2D eigenvalue weighted by Crippen LogP contribution is 2.30. The van der Waals surface area contributed by atoms with E-state index in [1.165, 1.54) is 0 Å². The van der Waals surface area contributed by atoms with E-state index in [0.29, 0.717) is 0 Å². The Morgan fingerprint density at radius 1 is 1.05 bits per heavy atom. The van der Waals surface area contributed by atoms with Gasteiger partial charge < -0.3 is 9.73 Å². The largest absolute Gasteiger partial charge is 0.455 e. The van der Waals surface area contributed by atoms with Crippen molar-refractivity contribution in [3.8, 4) is 11.8 Å². The Kier molecular flexibility index (Phi) is 3.22. The van der Waals surface area contributed by atoms with E-state index in [0.717, 1.165) is 40.5 Å². The summed E-state index contributed by atoms with van der Waals surface area (Å²) >= 11 is 0. The fraction of sp³-hybridized carbons (Fsp3) is 0.176. The highest BCUT2D eigenvalue weighted by atomic mass is 16.3. The van der Waals surface area contributed by atoms with Crippen molar-refractivity contribution in [3.05, 3.63) is 48.0 Å². The fourth-order valence-corrected chi connectivity index (χ4v) is 2.19. The number of para-hydroxylation sites is 2. The van der Waals surface area contributed by atoms with Crippen molar-refractivity contribution in [3.63, 3.8) is 0 Å². The molecule has 0 radical (unpaired) electrons. The van der Waals surface area contributed by atoms with Gasteiger partial charge in [0.15, 0.2) is 5.58 Å². The summed E-state index contributed by atoms with van der Waals surface area (Å²) in [5.41, 5.74) is 2.77. The number of nitrogens with one attached hydrogen (secondary N) is 1. The summed E-state index contributed by atoms with van der Waals surface area (Å²) in [5.74, 6) is 6.37. The van der Waals surface area contributed by atoms with Crippen LogP contribution in [0, 0.1) is 11.8 Å². The van der Waals surface area contributed by atoms with Crippen LogP contribution in [0.4, 0.5) is 0 Å². The number of benzene rings is 2. The lowest BCUT2D eigenvalue weighted by atomic mass is 10.1. The standard InChI is InChI=1S/C17H15NO/c1-18-12-5-4-7-13-8-6-10-15-14-9-2-3-11-16(14)19-17(13)15/h2-3,6,8-11,18H,5,12H2,1H3. The van der Waals surface area contributed by atoms with Crippen LogP contribution in [0.15, 0.2) is 46.9 Å². The molecule has 2 nitrogen and oxygen atoms in total. The molecule has 0 atom stereocenters. The summed E-state index contributed by atoms with van der Waals surface area (Å²) in [6.07, 6.45) is 0.840. The molecule has 0 saturated heterocycles. The van der Waals surface area contributed by atoms with Crippen LogP contribution >= 0.6 is 0 Å². The summed E-state index contributed by atoms with van der Waals surface area (Å²) in [4.78, 5) is 0. The Bertz CT molecular complexity index is 774. The first-order valence-corrected chi connectivity index (χ1v) is 6.44. The molecule has 1 N–H and O–H groups in total. The lowest BCUT2D eigenvalue weighted by molar-refractivity contribution is 0.668. The first-order valence-electron chi connectivity index (χ1n) is 6.44. The number of furan rings is 1. The van der Waals surface area contributed by atoms with Gasteiger partial charge in [0.25, 0.3) is 0 Å². The maximum Gasteiger partial charge on any atom is 0.151 e. The molecule has 0 unspecified atom stereocenters. The van der Waals surface area contributed by atoms with Gasteiger partial charge in [0.2, 0.25) is 0 Å². The van der Waals surface area contributed by atoms with Gasteiger partial charge in [-0.1, -0.05) is 42.2 Å². The lowest BCUT2D eigenvalue weighted by Gasteiger charge is -1.93. The molecule has 1 heterocycles. The van der Waals surface area contributed by atoms with Crippen LogP contribution in [-0.2, 0) is 0 Å². The molecule has 0 aliphatic carbocycles. The highest BCUT2D eigenvalue weighted by molar-refractivity contribution is 6.06. The number of rotatable bonds is 2. The summed E-state index contributed by atoms with van der Waals surface area (Å²) in [6.45, 7) is 0.906. The SMILES string of the molecule is CNCCC#Cc1cccc2c1oc1ccccc12. The number of fused-ring (bicyclic) bond motifs is 3. The average Bonchev–Trinajstić information content (AvgIpc) is 2.83. The first kappa shape index (κ1) is 11.8. The van der Waals surface area contributed by atoms with Gasteiger partial charge in [0.05, 0.1) is 5.56 Å². The Labute approximate surface area is 112 Å². The van der Waals surface area contributed by atoms with Gasteiger partial charge in [0, 0.05) is 23.7 Å². The van der Waals surface area contributed by atoms with E-state index in [9.17, 15) is 0 Å². The topological polar surface area (TPSA) is 25.2 Å². The van der Waals surface area contributed by atoms with Gasteiger partial charge in [-0.2, -0.15) is 0 Å². The molecule has 3 aromatic rings. The molecule has 0 saturated carbocycles. The highest BCUT2D eigenvalue weighted by Gasteiger charge is 2.08. The minimum Gasteiger partial charge on any atom is -0.455 e. The molecular weight excluding hydrogens is 234 g/mol. The van der Waals surface area contributed by atoms with Crippen LogP contribution in [0.5, 0.6) is 0 Å². The normalized spacial score (nSPS) is 10.6. The van der Waals surface area contributed by atoms with Crippen molar-refractivity contribution in [1.82, 2.24) is 5.32 Å². The van der Waals surface area contributed by atoms with Crippen LogP contribution in [0.3, 0.4) is 0 Å². The van der Waals surface area contributed by atoms with Crippen LogP contribution < -0.4 is 5.32 Å². The summed E-state index contributed by atoms with van der Waals surface area (Å²) in [7, 11) is 1.93. The van der Waals surface area contributed by atoms with Crippen LogP contribution in [0.1, 0.15) is 12.0 Å². The summed E-state index contributed by atoms with van der Waals surface area (Å²) < 4.78 is 5.92. The smallest absolute Gasteiger partial charge is 0.151 e. The third kappa shape index (κ3) is 2.21. The fourth-order valence-electron chi connectivity index (χ4n) is 2.19. The second kappa shape index (κ2) is 5.17. The van der Waals surface area contributed by atoms with Gasteiger partial charge in [-0.25, -0.2) is 0 Å². The molecule has 0 spiro atoms. The molecule has 0 aliphatic heterocycles. The molecule has 0 amide bonds. The third-order valence-electron chi connectivity index (χ3n) is 3.13. The van der Waals surface area contributed by atoms with Crippen molar-refractivity contribution in [1.29, 1.82) is 0 Å². The Morgan fingerprint density at radius 2 is 1.89 bits per heavy atom. The Hall–Kier alpha value is -2.24. The molecule has 1 aromatic heterocycles. The second-order valence-corrected chi connectivity index (χ2v) is 4.44. The van der Waals surface area contributed by atoms with Crippen molar-refractivity contribution < 1.29 is 4.42 Å². The Morgan fingerprint density at radius 3 is 2.79 bits per heavy atom. The van der Waals surface area contributed by atoms with E-state index in [1.54, 1.807) is 0 Å². The van der Waals surface area contributed by atoms with Crippen molar-refractivity contribution in [2.24, 2.45) is 0 Å². The average molecular weight is 249 g/mol. The van der Waals surface area contributed by atoms with E-state index < -0.39 is 0 Å². The molecule has 19 heavy (non-hydrogen) atoms. The van der Waals surface area contributed by atoms with E-state index in [-0.39, 0.29) is 0 Å². The third-order valence-corrected chi connectivity index (χ3v) is 3.13. The van der Waals surface area contributed by atoms with E-state index >= 15 is 0 Å². The van der Waals surface area contributed by atoms with E-state index in [4.69, 9.17) is 4.42 Å². The molecule has 2 heteroatoms. The second-order valence-electron chi connectivity index (χ2n) is 4.44. The number of hydrogen-bond acceptors (Lipinski definition) is 2. The van der Waals surface area contributed by atoms with E-state index in [2.05, 4.69) is 29.3 Å². The Balaban J connectivity index is 2.12. The van der Waals surface area contributed by atoms with Crippen molar-refractivity contribution >= 4 is 21.9 Å². The zero-order valence-corrected chi connectivity index (χ0v) is 10.9. The summed E-state index contributed by atoms with van der Waals surface area (Å²) in [5, 5.41) is 5.37. The minimum atomic E-state index is 0.840. The van der Waals surface area contributed by atoms with Crippen LogP contribution in [0.2, 0.25) is 0 Å². The monoisotopic (exact) mass is 249 g/mol. The van der Waals surface area contributed by atoms with Crippen molar-refractivity contribution in [2.45, 2.75) is 6.42 Å². The zero-order chi connectivity index (χ0) is 13.1. The van der Waals surface area contributed by atoms with Gasteiger partial charge in [-0.15, -0.1) is 0 Å². The molecule has 94 valence electrons. The molecule has 0 fully saturated rings. The maximum absolute atomic E-state index is 5.92. The molecule has 0 bridgehead atoms. The van der Waals surface area contributed by atoms with Crippen molar-refractivity contribution in [2.75, 3.05) is 13.6 Å². The number of hydrogen-bond donors (Lipinski definition) is 1. The van der Waals surface area contributed by atoms with Gasteiger partial charge in [-0.05, 0) is 19.2 Å². The van der Waals surface area contributed by atoms with E-state index in [1.807, 2.05) is 37.4 Å². The predicted molar refractivity (Wildman–Crippen MR) is 79.1 cm³/mol. The van der Waals surface area contributed by atoms with Gasteiger partial charge in [-0.3, -0.25) is 0 Å². The molecular formula is C17H15NO. The lowest BCUT2D eigenvalue weighted by Crippen LogP contribution is -2.05. The maximum atomic E-state index is 5.92. The summed E-state index contributed by atoms with van der Waals surface area (Å²) in [6, 6.07) is 14.2. The molecule has 2 aromatic carbocycles.